The summed E-state index contributed by atoms with van der Waals surface area (Å²) in [6, 6.07) is 13.5. The first kappa shape index (κ1) is 11.6. The van der Waals surface area contributed by atoms with Crippen LogP contribution in [0.1, 0.15) is 16.2 Å². The van der Waals surface area contributed by atoms with Crippen molar-refractivity contribution in [2.45, 2.75) is 6.42 Å². The minimum atomic E-state index is 0.0304. The van der Waals surface area contributed by atoms with Crippen LogP contribution in [0.15, 0.2) is 48.7 Å². The van der Waals surface area contributed by atoms with Gasteiger partial charge in [0, 0.05) is 24.3 Å². The minimum Gasteiger partial charge on any atom is -0.292 e. The Hall–Kier alpha value is -2.49. The van der Waals surface area contributed by atoms with E-state index in [0.717, 1.165) is 16.6 Å². The summed E-state index contributed by atoms with van der Waals surface area (Å²) in [6.07, 6.45) is 1.92. The first-order valence-electron chi connectivity index (χ1n) is 6.10. The van der Waals surface area contributed by atoms with Crippen molar-refractivity contribution in [2.75, 3.05) is 0 Å². The molecule has 0 aliphatic rings. The molecule has 0 spiro atoms. The highest BCUT2D eigenvalue weighted by atomic mass is 16.1. The number of Topliss-reactive ketones (excluding diaryl/α,β-unsaturated/α-hetero) is 1. The second-order valence-corrected chi connectivity index (χ2v) is 4.44. The molecule has 0 amide bonds. The van der Waals surface area contributed by atoms with E-state index >= 15 is 0 Å². The summed E-state index contributed by atoms with van der Waals surface area (Å²) >= 11 is 0. The molecule has 0 atom stereocenters. The number of aryl methyl sites for hydroxylation is 1. The van der Waals surface area contributed by atoms with Gasteiger partial charge in [0.1, 0.15) is 5.69 Å². The van der Waals surface area contributed by atoms with Crippen LogP contribution in [-0.4, -0.2) is 20.5 Å². The summed E-state index contributed by atoms with van der Waals surface area (Å²) < 4.78 is 1.59. The lowest BCUT2D eigenvalue weighted by Gasteiger charge is -2.03. The lowest BCUT2D eigenvalue weighted by Crippen LogP contribution is -2.10. The average Bonchev–Trinajstić information content (AvgIpc) is 2.85. The van der Waals surface area contributed by atoms with Crippen LogP contribution >= 0.6 is 0 Å². The molecule has 0 unspecified atom stereocenters. The van der Waals surface area contributed by atoms with Crippen molar-refractivity contribution in [3.8, 4) is 0 Å². The number of pyridine rings is 1. The molecule has 0 fully saturated rings. The Kier molecular flexibility index (Phi) is 2.83. The van der Waals surface area contributed by atoms with Gasteiger partial charge in [-0.2, -0.15) is 5.10 Å². The van der Waals surface area contributed by atoms with Crippen LogP contribution in [0.2, 0.25) is 0 Å². The monoisotopic (exact) mass is 251 g/mol. The molecule has 3 rings (SSSR count). The molecule has 4 nitrogen and oxygen atoms in total. The lowest BCUT2D eigenvalue weighted by molar-refractivity contribution is 0.0983. The molecule has 0 aliphatic heterocycles. The van der Waals surface area contributed by atoms with E-state index in [1.165, 1.54) is 0 Å². The molecule has 0 saturated heterocycles. The zero-order valence-electron chi connectivity index (χ0n) is 10.6. The molecule has 94 valence electrons. The van der Waals surface area contributed by atoms with E-state index in [2.05, 4.69) is 10.1 Å². The fourth-order valence-corrected chi connectivity index (χ4v) is 2.11. The van der Waals surface area contributed by atoms with Gasteiger partial charge in [0.15, 0.2) is 5.78 Å². The van der Waals surface area contributed by atoms with Gasteiger partial charge in [0.25, 0.3) is 0 Å². The van der Waals surface area contributed by atoms with Crippen LogP contribution in [-0.2, 0) is 13.5 Å². The van der Waals surface area contributed by atoms with Gasteiger partial charge in [0.05, 0.1) is 11.9 Å². The Morgan fingerprint density at radius 2 is 2.00 bits per heavy atom. The van der Waals surface area contributed by atoms with Gasteiger partial charge in [0.2, 0.25) is 0 Å². The van der Waals surface area contributed by atoms with Crippen molar-refractivity contribution >= 4 is 16.7 Å². The first-order valence-corrected chi connectivity index (χ1v) is 6.10. The predicted octanol–water partition coefficient (Wildman–Crippen LogP) is 2.39. The third-order valence-electron chi connectivity index (χ3n) is 3.10. The van der Waals surface area contributed by atoms with Crippen LogP contribution in [0.3, 0.4) is 0 Å². The number of carbonyl (C=O) groups is 1. The SMILES string of the molecule is Cn1nccc1C(=O)Cc1ccc2ccccc2n1. The summed E-state index contributed by atoms with van der Waals surface area (Å²) in [6.45, 7) is 0. The van der Waals surface area contributed by atoms with Gasteiger partial charge in [-0.15, -0.1) is 0 Å². The van der Waals surface area contributed by atoms with Crippen LogP contribution in [0.25, 0.3) is 10.9 Å². The molecule has 4 heteroatoms. The molecule has 0 radical (unpaired) electrons. The van der Waals surface area contributed by atoms with Gasteiger partial charge in [-0.3, -0.25) is 14.5 Å². The number of benzene rings is 1. The molecule has 1 aromatic carbocycles. The second-order valence-electron chi connectivity index (χ2n) is 4.44. The van der Waals surface area contributed by atoms with Crippen molar-refractivity contribution < 1.29 is 4.79 Å². The third kappa shape index (κ3) is 2.25. The highest BCUT2D eigenvalue weighted by Crippen LogP contribution is 2.13. The minimum absolute atomic E-state index is 0.0304. The smallest absolute Gasteiger partial charge is 0.186 e. The number of rotatable bonds is 3. The quantitative estimate of drug-likeness (QED) is 0.671. The van der Waals surface area contributed by atoms with E-state index in [9.17, 15) is 4.79 Å². The molecule has 3 aromatic rings. The number of nitrogens with zero attached hydrogens (tertiary/aromatic N) is 3. The molecule has 19 heavy (non-hydrogen) atoms. The van der Waals surface area contributed by atoms with Crippen molar-refractivity contribution in [3.63, 3.8) is 0 Å². The Labute approximate surface area is 110 Å². The maximum absolute atomic E-state index is 12.1. The highest BCUT2D eigenvalue weighted by Gasteiger charge is 2.11. The van der Waals surface area contributed by atoms with E-state index in [4.69, 9.17) is 0 Å². The van der Waals surface area contributed by atoms with E-state index in [0.29, 0.717) is 12.1 Å². The lowest BCUT2D eigenvalue weighted by atomic mass is 10.1. The fraction of sp³-hybridized carbons (Fsp3) is 0.133. The van der Waals surface area contributed by atoms with Gasteiger partial charge < -0.3 is 0 Å². The maximum atomic E-state index is 12.1. The molecule has 2 heterocycles. The summed E-state index contributed by atoms with van der Waals surface area (Å²) in [5, 5.41) is 5.09. The summed E-state index contributed by atoms with van der Waals surface area (Å²) in [4.78, 5) is 16.6. The Bertz CT molecular complexity index is 746. The molecule has 0 aliphatic carbocycles. The van der Waals surface area contributed by atoms with Gasteiger partial charge in [-0.05, 0) is 18.2 Å². The normalized spacial score (nSPS) is 10.8. The topological polar surface area (TPSA) is 47.8 Å². The van der Waals surface area contributed by atoms with Crippen molar-refractivity contribution in [1.29, 1.82) is 0 Å². The number of ketones is 1. The van der Waals surface area contributed by atoms with Crippen LogP contribution in [0.5, 0.6) is 0 Å². The molecule has 0 saturated carbocycles. The zero-order chi connectivity index (χ0) is 13.2. The van der Waals surface area contributed by atoms with Crippen LogP contribution in [0.4, 0.5) is 0 Å². The van der Waals surface area contributed by atoms with E-state index in [1.807, 2.05) is 36.4 Å². The van der Waals surface area contributed by atoms with E-state index in [1.54, 1.807) is 24.0 Å². The standard InChI is InChI=1S/C15H13N3O/c1-18-14(8-9-16-18)15(19)10-12-7-6-11-4-2-3-5-13(11)17-12/h2-9H,10H2,1H3. The number of aromatic nitrogens is 3. The predicted molar refractivity (Wildman–Crippen MR) is 73.0 cm³/mol. The van der Waals surface area contributed by atoms with Crippen molar-refractivity contribution in [3.05, 3.63) is 60.0 Å². The Balaban J connectivity index is 1.89. The molecule has 0 N–H and O–H groups in total. The number of hydrogen-bond donors (Lipinski definition) is 0. The van der Waals surface area contributed by atoms with Crippen molar-refractivity contribution in [2.24, 2.45) is 7.05 Å². The average molecular weight is 251 g/mol. The third-order valence-corrected chi connectivity index (χ3v) is 3.10. The first-order chi connectivity index (χ1) is 9.24. The van der Waals surface area contributed by atoms with Gasteiger partial charge >= 0.3 is 0 Å². The number of hydrogen-bond acceptors (Lipinski definition) is 3. The summed E-state index contributed by atoms with van der Waals surface area (Å²) in [5.74, 6) is 0.0304. The Morgan fingerprint density at radius 3 is 2.79 bits per heavy atom. The van der Waals surface area contributed by atoms with Crippen molar-refractivity contribution in [1.82, 2.24) is 14.8 Å². The molecule has 2 aromatic heterocycles. The second kappa shape index (κ2) is 4.65. The number of para-hydroxylation sites is 1. The largest absolute Gasteiger partial charge is 0.292 e. The van der Waals surface area contributed by atoms with E-state index in [-0.39, 0.29) is 5.78 Å². The number of fused-ring (bicyclic) bond motifs is 1. The zero-order valence-corrected chi connectivity index (χ0v) is 10.6. The van der Waals surface area contributed by atoms with E-state index < -0.39 is 0 Å². The summed E-state index contributed by atoms with van der Waals surface area (Å²) in [5.41, 5.74) is 2.30. The fourth-order valence-electron chi connectivity index (χ4n) is 2.11. The molecule has 0 bridgehead atoms. The van der Waals surface area contributed by atoms with Crippen LogP contribution in [0, 0.1) is 0 Å². The highest BCUT2D eigenvalue weighted by molar-refractivity contribution is 5.96. The maximum Gasteiger partial charge on any atom is 0.186 e. The summed E-state index contributed by atoms with van der Waals surface area (Å²) in [7, 11) is 1.76. The van der Waals surface area contributed by atoms with Crippen LogP contribution < -0.4 is 0 Å². The number of carbonyl (C=O) groups excluding carboxylic acids is 1. The van der Waals surface area contributed by atoms with Gasteiger partial charge in [-0.1, -0.05) is 24.3 Å². The Morgan fingerprint density at radius 1 is 1.16 bits per heavy atom. The molecular weight excluding hydrogens is 238 g/mol. The molecular formula is C15H13N3O. The van der Waals surface area contributed by atoms with Gasteiger partial charge in [-0.25, -0.2) is 0 Å².